The highest BCUT2D eigenvalue weighted by Gasteiger charge is 2.73. The van der Waals surface area contributed by atoms with Crippen LogP contribution < -0.4 is 10.6 Å². The Balaban J connectivity index is 1.35. The Labute approximate surface area is 231 Å². The molecule has 3 aliphatic heterocycles. The number of benzene rings is 2. The fraction of sp³-hybridized carbons (Fsp3) is 0.433. The van der Waals surface area contributed by atoms with Crippen molar-refractivity contribution in [3.63, 3.8) is 0 Å². The fourth-order valence-electron chi connectivity index (χ4n) is 6.80. The zero-order chi connectivity index (χ0) is 26.4. The van der Waals surface area contributed by atoms with Crippen molar-refractivity contribution in [1.82, 2.24) is 10.2 Å². The molecule has 6 atom stereocenters. The number of anilines is 1. The maximum absolute atomic E-state index is 14.3. The lowest BCUT2D eigenvalue weighted by atomic mass is 9.74. The second-order valence-corrected chi connectivity index (χ2v) is 11.8. The molecule has 3 heterocycles. The molecule has 2 aromatic rings. The first-order chi connectivity index (χ1) is 18.4. The summed E-state index contributed by atoms with van der Waals surface area (Å²) < 4.78 is 7.39. The van der Waals surface area contributed by atoms with Crippen LogP contribution in [0.1, 0.15) is 50.6 Å². The molecule has 198 valence electrons. The molecule has 0 unspecified atom stereocenters. The molecule has 4 aliphatic rings. The molecule has 2 bridgehead atoms. The quantitative estimate of drug-likeness (QED) is 0.485. The van der Waals surface area contributed by atoms with Gasteiger partial charge in [0.25, 0.3) is 0 Å². The molecular weight excluding hydrogens is 546 g/mol. The van der Waals surface area contributed by atoms with E-state index in [2.05, 4.69) is 26.6 Å². The number of rotatable bonds is 6. The van der Waals surface area contributed by atoms with E-state index in [1.54, 1.807) is 4.90 Å². The Kier molecular flexibility index (Phi) is 6.64. The summed E-state index contributed by atoms with van der Waals surface area (Å²) in [6.07, 6.45) is 8.40. The van der Waals surface area contributed by atoms with Gasteiger partial charge in [-0.15, -0.1) is 0 Å². The molecule has 7 nitrogen and oxygen atoms in total. The van der Waals surface area contributed by atoms with Gasteiger partial charge < -0.3 is 20.3 Å². The normalized spacial score (nSPS) is 30.8. The third kappa shape index (κ3) is 4.18. The zero-order valence-corrected chi connectivity index (χ0v) is 22.9. The zero-order valence-electron chi connectivity index (χ0n) is 21.3. The lowest BCUT2D eigenvalue weighted by Gasteiger charge is -2.37. The Morgan fingerprint density at radius 1 is 1.03 bits per heavy atom. The standard InChI is InChI=1S/C30H32BrN3O4/c1-18(19-8-4-2-5-9-19)34-26(28(36)33-21-10-6-3-7-11-21)30-17-16-23(38-30)24(25(30)29(34)37)27(35)32-22-14-12-20(31)13-15-22/h2,4-5,8-9,12-18,21,23-26H,3,6-7,10-11H2,1H3,(H,32,35)(H,33,36)/t18-,23-,24+,25-,26+,30+/m1/s1. The van der Waals surface area contributed by atoms with Crippen molar-refractivity contribution in [3.8, 4) is 0 Å². The highest BCUT2D eigenvalue weighted by Crippen LogP contribution is 2.56. The largest absolute Gasteiger partial charge is 0.359 e. The molecule has 1 saturated carbocycles. The lowest BCUT2D eigenvalue weighted by Crippen LogP contribution is -2.56. The van der Waals surface area contributed by atoms with Crippen LogP contribution >= 0.6 is 15.9 Å². The number of carbonyl (C=O) groups excluding carboxylic acids is 3. The van der Waals surface area contributed by atoms with Gasteiger partial charge in [0.1, 0.15) is 11.6 Å². The molecule has 0 radical (unpaired) electrons. The predicted molar refractivity (Wildman–Crippen MR) is 147 cm³/mol. The second kappa shape index (κ2) is 9.97. The number of carbonyl (C=O) groups is 3. The number of halogens is 1. The summed E-state index contributed by atoms with van der Waals surface area (Å²) in [7, 11) is 0. The van der Waals surface area contributed by atoms with Crippen LogP contribution in [-0.4, -0.2) is 46.4 Å². The van der Waals surface area contributed by atoms with Gasteiger partial charge >= 0.3 is 0 Å². The summed E-state index contributed by atoms with van der Waals surface area (Å²) in [5.74, 6) is -2.19. The van der Waals surface area contributed by atoms with E-state index in [-0.39, 0.29) is 29.8 Å². The molecular formula is C30H32BrN3O4. The van der Waals surface area contributed by atoms with Crippen LogP contribution in [0.15, 0.2) is 71.2 Å². The van der Waals surface area contributed by atoms with Crippen LogP contribution in [-0.2, 0) is 19.1 Å². The molecule has 1 aliphatic carbocycles. The third-order valence-corrected chi connectivity index (χ3v) is 9.15. The summed E-state index contributed by atoms with van der Waals surface area (Å²) in [6.45, 7) is 1.94. The van der Waals surface area contributed by atoms with Crippen LogP contribution in [0.3, 0.4) is 0 Å². The first-order valence-corrected chi connectivity index (χ1v) is 14.3. The topological polar surface area (TPSA) is 87.7 Å². The molecule has 8 heteroatoms. The van der Waals surface area contributed by atoms with Gasteiger partial charge in [-0.3, -0.25) is 14.4 Å². The van der Waals surface area contributed by atoms with Crippen molar-refractivity contribution in [3.05, 3.63) is 76.8 Å². The number of hydrogen-bond acceptors (Lipinski definition) is 4. The highest BCUT2D eigenvalue weighted by molar-refractivity contribution is 9.10. The van der Waals surface area contributed by atoms with Gasteiger partial charge in [-0.2, -0.15) is 0 Å². The van der Waals surface area contributed by atoms with Crippen LogP contribution in [0.4, 0.5) is 5.69 Å². The van der Waals surface area contributed by atoms with Gasteiger partial charge in [-0.1, -0.05) is 77.7 Å². The van der Waals surface area contributed by atoms with Gasteiger partial charge in [0.2, 0.25) is 17.7 Å². The number of nitrogens with one attached hydrogen (secondary N) is 2. The van der Waals surface area contributed by atoms with Crippen LogP contribution in [0.25, 0.3) is 0 Å². The second-order valence-electron chi connectivity index (χ2n) is 10.9. The van der Waals surface area contributed by atoms with Crippen LogP contribution in [0.5, 0.6) is 0 Å². The molecule has 2 N–H and O–H groups in total. The van der Waals surface area contributed by atoms with Crippen molar-refractivity contribution >= 4 is 39.3 Å². The number of likely N-dealkylation sites (tertiary alicyclic amines) is 1. The van der Waals surface area contributed by atoms with Gasteiger partial charge in [0, 0.05) is 16.2 Å². The fourth-order valence-corrected chi connectivity index (χ4v) is 7.07. The van der Waals surface area contributed by atoms with Crippen molar-refractivity contribution in [2.24, 2.45) is 11.8 Å². The van der Waals surface area contributed by atoms with Crippen molar-refractivity contribution < 1.29 is 19.1 Å². The summed E-state index contributed by atoms with van der Waals surface area (Å²) in [5, 5.41) is 6.21. The Bertz CT molecular complexity index is 1260. The smallest absolute Gasteiger partial charge is 0.246 e. The van der Waals surface area contributed by atoms with E-state index < -0.39 is 29.6 Å². The van der Waals surface area contributed by atoms with E-state index in [0.29, 0.717) is 5.69 Å². The average molecular weight is 579 g/mol. The van der Waals surface area contributed by atoms with Crippen molar-refractivity contribution in [2.45, 2.75) is 68.9 Å². The van der Waals surface area contributed by atoms with Gasteiger partial charge in [-0.05, 0) is 49.6 Å². The number of hydrogen-bond donors (Lipinski definition) is 2. The minimum atomic E-state index is -1.18. The SMILES string of the molecule is C[C@H](c1ccccc1)N1C(=O)[C@H]2[C@@H](C(=O)Nc3ccc(Br)cc3)[C@H]3C=C[C@@]2(O3)[C@@H]1C(=O)NC1CCCCC1. The van der Waals surface area contributed by atoms with E-state index in [1.807, 2.05) is 73.7 Å². The van der Waals surface area contributed by atoms with E-state index in [9.17, 15) is 14.4 Å². The van der Waals surface area contributed by atoms with Gasteiger partial charge in [0.05, 0.1) is 24.0 Å². The maximum atomic E-state index is 14.3. The van der Waals surface area contributed by atoms with Crippen molar-refractivity contribution in [1.29, 1.82) is 0 Å². The molecule has 1 spiro atoms. The molecule has 38 heavy (non-hydrogen) atoms. The summed E-state index contributed by atoms with van der Waals surface area (Å²) >= 11 is 3.41. The minimum Gasteiger partial charge on any atom is -0.359 e. The first-order valence-electron chi connectivity index (χ1n) is 13.5. The van der Waals surface area contributed by atoms with Gasteiger partial charge in [-0.25, -0.2) is 0 Å². The molecule has 2 saturated heterocycles. The molecule has 2 aromatic carbocycles. The van der Waals surface area contributed by atoms with E-state index >= 15 is 0 Å². The number of nitrogens with zero attached hydrogens (tertiary/aromatic N) is 1. The van der Waals surface area contributed by atoms with E-state index in [0.717, 1.165) is 35.7 Å². The Morgan fingerprint density at radius 3 is 2.45 bits per heavy atom. The van der Waals surface area contributed by atoms with Gasteiger partial charge in [0.15, 0.2) is 0 Å². The monoisotopic (exact) mass is 577 g/mol. The minimum absolute atomic E-state index is 0.0924. The maximum Gasteiger partial charge on any atom is 0.246 e. The average Bonchev–Trinajstić information content (AvgIpc) is 3.58. The number of ether oxygens (including phenoxy) is 1. The highest BCUT2D eigenvalue weighted by atomic mass is 79.9. The summed E-state index contributed by atoms with van der Waals surface area (Å²) in [6, 6.07) is 15.9. The van der Waals surface area contributed by atoms with E-state index in [4.69, 9.17) is 4.74 Å². The van der Waals surface area contributed by atoms with Crippen LogP contribution in [0, 0.1) is 11.8 Å². The summed E-state index contributed by atoms with van der Waals surface area (Å²) in [4.78, 5) is 43.5. The molecule has 3 fully saturated rings. The lowest BCUT2D eigenvalue weighted by molar-refractivity contribution is -0.143. The number of fused-ring (bicyclic) bond motifs is 1. The predicted octanol–water partition coefficient (Wildman–Crippen LogP) is 4.75. The van der Waals surface area contributed by atoms with Crippen molar-refractivity contribution in [2.75, 3.05) is 5.32 Å². The summed E-state index contributed by atoms with van der Waals surface area (Å²) in [5.41, 5.74) is 0.401. The molecule has 3 amide bonds. The Morgan fingerprint density at radius 2 is 1.74 bits per heavy atom. The Hall–Kier alpha value is -2.97. The molecule has 6 rings (SSSR count). The molecule has 0 aromatic heterocycles. The van der Waals surface area contributed by atoms with Crippen LogP contribution in [0.2, 0.25) is 0 Å². The third-order valence-electron chi connectivity index (χ3n) is 8.63. The first kappa shape index (κ1) is 25.3. The number of amides is 3. The van der Waals surface area contributed by atoms with E-state index in [1.165, 1.54) is 6.42 Å².